The number of hydrogen-bond acceptors (Lipinski definition) is 4. The van der Waals surface area contributed by atoms with Gasteiger partial charge in [-0.15, -0.1) is 0 Å². The molecule has 2 aromatic rings. The van der Waals surface area contributed by atoms with E-state index in [1.54, 1.807) is 13.1 Å². The lowest BCUT2D eigenvalue weighted by Crippen LogP contribution is -2.52. The van der Waals surface area contributed by atoms with Crippen molar-refractivity contribution in [2.45, 2.75) is 6.54 Å². The van der Waals surface area contributed by atoms with Crippen molar-refractivity contribution in [3.8, 4) is 0 Å². The van der Waals surface area contributed by atoms with Crippen molar-refractivity contribution in [1.29, 1.82) is 0 Å². The molecular formula is C23H31N5O2S. The fourth-order valence-corrected chi connectivity index (χ4v) is 4.12. The summed E-state index contributed by atoms with van der Waals surface area (Å²) in [4.78, 5) is 9.08. The largest absolute Gasteiger partial charge is 0.352 e. The summed E-state index contributed by atoms with van der Waals surface area (Å²) in [6.07, 6.45) is 5.53. The van der Waals surface area contributed by atoms with Crippen LogP contribution >= 0.6 is 0 Å². The van der Waals surface area contributed by atoms with E-state index in [4.69, 9.17) is 0 Å². The van der Waals surface area contributed by atoms with Gasteiger partial charge in [-0.3, -0.25) is 14.6 Å². The predicted molar refractivity (Wildman–Crippen MR) is 129 cm³/mol. The molecule has 31 heavy (non-hydrogen) atoms. The molecule has 8 heteroatoms. The zero-order valence-electron chi connectivity index (χ0n) is 18.2. The Morgan fingerprint density at radius 3 is 2.39 bits per heavy atom. The molecule has 0 aromatic heterocycles. The van der Waals surface area contributed by atoms with E-state index in [0.29, 0.717) is 12.2 Å². The number of para-hydroxylation sites is 1. The van der Waals surface area contributed by atoms with Gasteiger partial charge in [0.2, 0.25) is 10.0 Å². The molecule has 0 atom stereocenters. The first-order valence-electron chi connectivity index (χ1n) is 10.4. The Morgan fingerprint density at radius 1 is 1.03 bits per heavy atom. The van der Waals surface area contributed by atoms with Crippen molar-refractivity contribution < 1.29 is 8.42 Å². The maximum Gasteiger partial charge on any atom is 0.229 e. The van der Waals surface area contributed by atoms with E-state index in [1.165, 1.54) is 5.56 Å². The lowest BCUT2D eigenvalue weighted by molar-refractivity contribution is 0.194. The van der Waals surface area contributed by atoms with Gasteiger partial charge in [-0.2, -0.15) is 0 Å². The summed E-state index contributed by atoms with van der Waals surface area (Å²) in [5, 5.41) is 3.37. The summed E-state index contributed by atoms with van der Waals surface area (Å²) >= 11 is 0. The fourth-order valence-electron chi connectivity index (χ4n) is 3.52. The second-order valence-electron chi connectivity index (χ2n) is 7.53. The monoisotopic (exact) mass is 441 g/mol. The van der Waals surface area contributed by atoms with Gasteiger partial charge in [0, 0.05) is 46.3 Å². The van der Waals surface area contributed by atoms with E-state index in [9.17, 15) is 8.42 Å². The second kappa shape index (κ2) is 11.0. The molecule has 166 valence electrons. The molecule has 3 rings (SSSR count). The van der Waals surface area contributed by atoms with Gasteiger partial charge >= 0.3 is 0 Å². The highest BCUT2D eigenvalue weighted by Gasteiger charge is 2.19. The number of guanidine groups is 1. The van der Waals surface area contributed by atoms with Gasteiger partial charge in [0.1, 0.15) is 0 Å². The van der Waals surface area contributed by atoms with Crippen LogP contribution in [0.1, 0.15) is 11.1 Å². The summed E-state index contributed by atoms with van der Waals surface area (Å²) < 4.78 is 25.8. The molecule has 1 fully saturated rings. The van der Waals surface area contributed by atoms with Crippen LogP contribution in [-0.2, 0) is 16.6 Å². The molecule has 2 aromatic carbocycles. The van der Waals surface area contributed by atoms with Gasteiger partial charge in [0.15, 0.2) is 5.96 Å². The molecule has 1 saturated heterocycles. The molecule has 0 unspecified atom stereocenters. The van der Waals surface area contributed by atoms with Gasteiger partial charge in [-0.1, -0.05) is 60.7 Å². The van der Waals surface area contributed by atoms with E-state index in [0.717, 1.165) is 50.5 Å². The Kier molecular flexibility index (Phi) is 8.08. The quantitative estimate of drug-likeness (QED) is 0.510. The third-order valence-electron chi connectivity index (χ3n) is 5.11. The summed E-state index contributed by atoms with van der Waals surface area (Å²) in [6.45, 7) is 5.13. The zero-order chi connectivity index (χ0) is 22.1. The molecule has 0 saturated carbocycles. The van der Waals surface area contributed by atoms with Crippen molar-refractivity contribution in [3.63, 3.8) is 0 Å². The van der Waals surface area contributed by atoms with E-state index < -0.39 is 10.0 Å². The highest BCUT2D eigenvalue weighted by molar-refractivity contribution is 7.92. The van der Waals surface area contributed by atoms with Crippen LogP contribution in [0, 0.1) is 0 Å². The minimum Gasteiger partial charge on any atom is -0.352 e. The number of benzene rings is 2. The summed E-state index contributed by atoms with van der Waals surface area (Å²) in [7, 11) is -1.55. The van der Waals surface area contributed by atoms with Gasteiger partial charge in [-0.25, -0.2) is 8.42 Å². The Hall–Kier alpha value is -2.84. The lowest BCUT2D eigenvalue weighted by Gasteiger charge is -2.36. The molecular weight excluding hydrogens is 410 g/mol. The highest BCUT2D eigenvalue weighted by atomic mass is 32.2. The average molecular weight is 442 g/mol. The van der Waals surface area contributed by atoms with Crippen LogP contribution in [-0.4, -0.2) is 70.2 Å². The Bertz CT molecular complexity index is 998. The fraction of sp³-hybridized carbons (Fsp3) is 0.348. The Balaban J connectivity index is 1.49. The molecule has 7 nitrogen and oxygen atoms in total. The zero-order valence-corrected chi connectivity index (χ0v) is 19.0. The van der Waals surface area contributed by atoms with Crippen molar-refractivity contribution >= 4 is 27.7 Å². The average Bonchev–Trinajstić information content (AvgIpc) is 2.76. The standard InChI is InChI=1S/C23H31N5O2S/c1-24-23(25-19-21-12-6-7-13-22(21)26-31(2,29)30)28-17-15-27(16-18-28)14-8-11-20-9-4-3-5-10-20/h3-13,26H,14-19H2,1-2H3,(H,24,25)/b11-8+. The van der Waals surface area contributed by atoms with Crippen molar-refractivity contribution in [1.82, 2.24) is 15.1 Å². The van der Waals surface area contributed by atoms with Gasteiger partial charge in [0.25, 0.3) is 0 Å². The van der Waals surface area contributed by atoms with E-state index in [1.807, 2.05) is 36.4 Å². The van der Waals surface area contributed by atoms with Crippen LogP contribution in [0.25, 0.3) is 6.08 Å². The van der Waals surface area contributed by atoms with E-state index in [-0.39, 0.29) is 0 Å². The number of sulfonamides is 1. The summed E-state index contributed by atoms with van der Waals surface area (Å²) in [6, 6.07) is 17.7. The Morgan fingerprint density at radius 2 is 1.71 bits per heavy atom. The predicted octanol–water partition coefficient (Wildman–Crippen LogP) is 2.46. The highest BCUT2D eigenvalue weighted by Crippen LogP contribution is 2.16. The van der Waals surface area contributed by atoms with Gasteiger partial charge in [0.05, 0.1) is 11.9 Å². The number of nitrogens with zero attached hydrogens (tertiary/aromatic N) is 3. The molecule has 1 heterocycles. The molecule has 0 spiro atoms. The first-order valence-corrected chi connectivity index (χ1v) is 12.3. The molecule has 0 radical (unpaired) electrons. The van der Waals surface area contributed by atoms with E-state index >= 15 is 0 Å². The maximum atomic E-state index is 11.6. The van der Waals surface area contributed by atoms with Crippen molar-refractivity contribution in [3.05, 3.63) is 71.8 Å². The normalized spacial score (nSPS) is 15.9. The van der Waals surface area contributed by atoms with Crippen molar-refractivity contribution in [2.75, 3.05) is 50.7 Å². The number of rotatable bonds is 7. The van der Waals surface area contributed by atoms with Crippen molar-refractivity contribution in [2.24, 2.45) is 4.99 Å². The summed E-state index contributed by atoms with van der Waals surface area (Å²) in [5.41, 5.74) is 2.68. The number of anilines is 1. The number of piperazine rings is 1. The van der Waals surface area contributed by atoms with Crippen LogP contribution in [0.4, 0.5) is 5.69 Å². The van der Waals surface area contributed by atoms with Crippen LogP contribution in [0.3, 0.4) is 0 Å². The lowest BCUT2D eigenvalue weighted by atomic mass is 10.2. The van der Waals surface area contributed by atoms with Crippen LogP contribution in [0.2, 0.25) is 0 Å². The number of aliphatic imine (C=N–C) groups is 1. The first kappa shape index (κ1) is 22.8. The molecule has 0 bridgehead atoms. The molecule has 1 aliphatic rings. The summed E-state index contributed by atoms with van der Waals surface area (Å²) in [5.74, 6) is 0.827. The Labute approximate surface area is 185 Å². The molecule has 2 N–H and O–H groups in total. The smallest absolute Gasteiger partial charge is 0.229 e. The third kappa shape index (κ3) is 7.41. The number of nitrogens with one attached hydrogen (secondary N) is 2. The maximum absolute atomic E-state index is 11.6. The molecule has 0 amide bonds. The minimum absolute atomic E-state index is 0.491. The van der Waals surface area contributed by atoms with Crippen LogP contribution in [0.15, 0.2) is 65.7 Å². The second-order valence-corrected chi connectivity index (χ2v) is 9.28. The van der Waals surface area contributed by atoms with Gasteiger partial charge < -0.3 is 10.2 Å². The van der Waals surface area contributed by atoms with Crippen LogP contribution < -0.4 is 10.0 Å². The first-order chi connectivity index (χ1) is 14.9. The number of hydrogen-bond donors (Lipinski definition) is 2. The SMILES string of the molecule is CN=C(NCc1ccccc1NS(C)(=O)=O)N1CCN(C/C=C/c2ccccc2)CC1. The molecule has 1 aliphatic heterocycles. The van der Waals surface area contributed by atoms with Crippen LogP contribution in [0.5, 0.6) is 0 Å². The van der Waals surface area contributed by atoms with E-state index in [2.05, 4.69) is 49.1 Å². The van der Waals surface area contributed by atoms with Gasteiger partial charge in [-0.05, 0) is 17.2 Å². The minimum atomic E-state index is -3.33. The third-order valence-corrected chi connectivity index (χ3v) is 5.70. The topological polar surface area (TPSA) is 77.0 Å². The molecule has 0 aliphatic carbocycles.